The predicted molar refractivity (Wildman–Crippen MR) is 131 cm³/mol. The highest BCUT2D eigenvalue weighted by Crippen LogP contribution is 2.47. The van der Waals surface area contributed by atoms with Gasteiger partial charge in [0, 0.05) is 29.3 Å². The molecule has 8 heteroatoms. The van der Waals surface area contributed by atoms with Crippen LogP contribution in [-0.2, 0) is 20.9 Å². The topological polar surface area (TPSA) is 94.1 Å². The highest BCUT2D eigenvalue weighted by Gasteiger charge is 2.44. The first-order valence-corrected chi connectivity index (χ1v) is 11.9. The summed E-state index contributed by atoms with van der Waals surface area (Å²) in [6, 6.07) is 10.4. The molecule has 2 atom stereocenters. The van der Waals surface area contributed by atoms with Crippen molar-refractivity contribution in [2.24, 2.45) is 5.92 Å². The number of rotatable bonds is 7. The first-order chi connectivity index (χ1) is 16.8. The van der Waals surface area contributed by atoms with Crippen molar-refractivity contribution in [1.82, 2.24) is 5.32 Å². The molecule has 1 aliphatic heterocycles. The summed E-state index contributed by atoms with van der Waals surface area (Å²) in [6.45, 7) is 6.25. The van der Waals surface area contributed by atoms with Gasteiger partial charge in [-0.1, -0.05) is 30.3 Å². The van der Waals surface area contributed by atoms with Crippen molar-refractivity contribution in [2.75, 3.05) is 13.7 Å². The summed E-state index contributed by atoms with van der Waals surface area (Å²) >= 11 is 6.32. The van der Waals surface area contributed by atoms with Crippen LogP contribution in [0.5, 0.6) is 17.2 Å². The Balaban J connectivity index is 1.72. The number of esters is 1. The van der Waals surface area contributed by atoms with Crippen LogP contribution in [0, 0.1) is 5.92 Å². The minimum atomic E-state index is -0.871. The van der Waals surface area contributed by atoms with E-state index in [2.05, 4.69) is 11.9 Å². The third-order valence-electron chi connectivity index (χ3n) is 6.29. The number of allylic oxidation sites excluding steroid dienone is 2. The fourth-order valence-electron chi connectivity index (χ4n) is 4.64. The third kappa shape index (κ3) is 5.00. The zero-order valence-electron chi connectivity index (χ0n) is 19.7. The van der Waals surface area contributed by atoms with Crippen LogP contribution in [0.4, 0.5) is 0 Å². The summed E-state index contributed by atoms with van der Waals surface area (Å²) < 4.78 is 16.4. The van der Waals surface area contributed by atoms with Crippen LogP contribution in [0.15, 0.2) is 59.9 Å². The van der Waals surface area contributed by atoms with Gasteiger partial charge in [0.25, 0.3) is 0 Å². The summed E-state index contributed by atoms with van der Waals surface area (Å²) in [6.07, 6.45) is 1.79. The number of aromatic hydroxyl groups is 1. The van der Waals surface area contributed by atoms with Crippen LogP contribution in [0.2, 0.25) is 5.02 Å². The number of carbonyl (C=O) groups is 2. The van der Waals surface area contributed by atoms with E-state index in [1.165, 1.54) is 0 Å². The Labute approximate surface area is 209 Å². The highest BCUT2D eigenvalue weighted by molar-refractivity contribution is 6.32. The van der Waals surface area contributed by atoms with Crippen LogP contribution >= 0.6 is 11.6 Å². The molecule has 4 rings (SSSR count). The zero-order chi connectivity index (χ0) is 25.1. The maximum Gasteiger partial charge on any atom is 0.316 e. The zero-order valence-corrected chi connectivity index (χ0v) is 20.5. The molecule has 35 heavy (non-hydrogen) atoms. The Morgan fingerprint density at radius 1 is 1.23 bits per heavy atom. The maximum atomic E-state index is 13.4. The molecule has 0 amide bonds. The summed E-state index contributed by atoms with van der Waals surface area (Å²) in [7, 11) is 1.58. The Bertz CT molecular complexity index is 1190. The number of ether oxygens (including phenoxy) is 3. The monoisotopic (exact) mass is 497 g/mol. The van der Waals surface area contributed by atoms with Crippen LogP contribution in [0.25, 0.3) is 0 Å². The van der Waals surface area contributed by atoms with Crippen molar-refractivity contribution in [3.05, 3.63) is 76.1 Å². The number of hydrogen-bond donors (Lipinski definition) is 2. The lowest BCUT2D eigenvalue weighted by atomic mass is 9.71. The van der Waals surface area contributed by atoms with Gasteiger partial charge in [-0.3, -0.25) is 9.59 Å². The van der Waals surface area contributed by atoms with Crippen molar-refractivity contribution in [2.45, 2.75) is 38.7 Å². The molecule has 0 aromatic heterocycles. The quantitative estimate of drug-likeness (QED) is 0.518. The van der Waals surface area contributed by atoms with Gasteiger partial charge in [0.1, 0.15) is 18.3 Å². The number of Topliss-reactive ketones (excluding diaryl/α,β-unsaturated/α-hetero) is 1. The van der Waals surface area contributed by atoms with E-state index in [4.69, 9.17) is 25.8 Å². The predicted octanol–water partition coefficient (Wildman–Crippen LogP) is 5.02. The number of halogens is 1. The molecule has 0 radical (unpaired) electrons. The number of phenolic OH excluding ortho intramolecular Hbond substituents is 1. The molecule has 2 aromatic carbocycles. The van der Waals surface area contributed by atoms with Gasteiger partial charge in [-0.05, 0) is 55.2 Å². The van der Waals surface area contributed by atoms with E-state index in [-0.39, 0.29) is 28.9 Å². The van der Waals surface area contributed by atoms with Gasteiger partial charge >= 0.3 is 5.97 Å². The number of hydrogen-bond acceptors (Lipinski definition) is 7. The number of nitrogens with one attached hydrogen (secondary N) is 1. The molecule has 184 valence electrons. The number of ketones is 1. The van der Waals surface area contributed by atoms with Gasteiger partial charge < -0.3 is 24.6 Å². The number of phenols is 1. The van der Waals surface area contributed by atoms with E-state index in [0.29, 0.717) is 42.0 Å². The van der Waals surface area contributed by atoms with E-state index in [1.807, 2.05) is 12.1 Å². The molecular weight excluding hydrogens is 470 g/mol. The fraction of sp³-hybridized carbons (Fsp3) is 0.333. The summed E-state index contributed by atoms with van der Waals surface area (Å²) in [5.41, 5.74) is 3.11. The molecule has 1 aliphatic carbocycles. The molecule has 2 aromatic rings. The van der Waals surface area contributed by atoms with Gasteiger partial charge in [-0.15, -0.1) is 0 Å². The van der Waals surface area contributed by atoms with Gasteiger partial charge in [0.15, 0.2) is 17.3 Å². The SMILES string of the molecule is C=C1NC2=C(C(=O)CCC2)C(c2cc(Cl)c(O)c(OCC)c2)C1C(=O)OCc1ccc(OC)cc1. The standard InChI is InChI=1S/C27H28ClNO6/c1-4-34-22-13-17(12-19(28)26(22)31)24-23(15(2)29-20-6-5-7-21(30)25(20)24)27(32)35-14-16-8-10-18(33-3)11-9-16/h8-13,23-24,29,31H,2,4-7,14H2,1,3H3. The maximum absolute atomic E-state index is 13.4. The molecule has 2 unspecified atom stereocenters. The Hall–Kier alpha value is -3.45. The number of methoxy groups -OCH3 is 1. The Kier molecular flexibility index (Phi) is 7.36. The molecule has 0 saturated heterocycles. The van der Waals surface area contributed by atoms with E-state index in [0.717, 1.165) is 17.7 Å². The van der Waals surface area contributed by atoms with E-state index in [9.17, 15) is 14.7 Å². The van der Waals surface area contributed by atoms with Gasteiger partial charge in [0.2, 0.25) is 0 Å². The molecule has 2 aliphatic rings. The van der Waals surface area contributed by atoms with Crippen molar-refractivity contribution in [3.63, 3.8) is 0 Å². The normalized spacial score (nSPS) is 19.6. The molecule has 0 bridgehead atoms. The summed E-state index contributed by atoms with van der Waals surface area (Å²) in [5.74, 6) is -1.39. The smallest absolute Gasteiger partial charge is 0.316 e. The number of benzene rings is 2. The molecular formula is C27H28ClNO6. The van der Waals surface area contributed by atoms with Gasteiger partial charge in [-0.25, -0.2) is 0 Å². The van der Waals surface area contributed by atoms with Gasteiger partial charge in [0.05, 0.1) is 18.7 Å². The average Bonchev–Trinajstić information content (AvgIpc) is 2.85. The summed E-state index contributed by atoms with van der Waals surface area (Å²) in [4.78, 5) is 26.5. The molecule has 0 spiro atoms. The Morgan fingerprint density at radius 3 is 2.66 bits per heavy atom. The van der Waals surface area contributed by atoms with E-state index >= 15 is 0 Å². The van der Waals surface area contributed by atoms with Gasteiger partial charge in [-0.2, -0.15) is 0 Å². The molecule has 1 heterocycles. The van der Waals surface area contributed by atoms with E-state index < -0.39 is 17.8 Å². The largest absolute Gasteiger partial charge is 0.503 e. The van der Waals surface area contributed by atoms with Crippen molar-refractivity contribution in [3.8, 4) is 17.2 Å². The molecule has 2 N–H and O–H groups in total. The molecule has 0 fully saturated rings. The molecule has 7 nitrogen and oxygen atoms in total. The van der Waals surface area contributed by atoms with Crippen molar-refractivity contribution in [1.29, 1.82) is 0 Å². The van der Waals surface area contributed by atoms with Crippen LogP contribution in [0.3, 0.4) is 0 Å². The lowest BCUT2D eigenvalue weighted by molar-refractivity contribution is -0.149. The van der Waals surface area contributed by atoms with Crippen LogP contribution in [0.1, 0.15) is 43.2 Å². The lowest BCUT2D eigenvalue weighted by Crippen LogP contribution is -2.41. The third-order valence-corrected chi connectivity index (χ3v) is 6.58. The minimum absolute atomic E-state index is 0.0358. The summed E-state index contributed by atoms with van der Waals surface area (Å²) in [5, 5.41) is 13.6. The molecule has 0 saturated carbocycles. The Morgan fingerprint density at radius 2 is 1.97 bits per heavy atom. The second-order valence-electron chi connectivity index (χ2n) is 8.51. The van der Waals surface area contributed by atoms with Crippen LogP contribution < -0.4 is 14.8 Å². The highest BCUT2D eigenvalue weighted by atomic mass is 35.5. The average molecular weight is 498 g/mol. The van der Waals surface area contributed by atoms with Crippen LogP contribution in [-0.4, -0.2) is 30.6 Å². The van der Waals surface area contributed by atoms with Crippen molar-refractivity contribution < 1.29 is 28.9 Å². The second-order valence-corrected chi connectivity index (χ2v) is 8.92. The second kappa shape index (κ2) is 10.4. The van der Waals surface area contributed by atoms with Crippen molar-refractivity contribution >= 4 is 23.4 Å². The van der Waals surface area contributed by atoms with E-state index in [1.54, 1.807) is 38.3 Å². The number of carbonyl (C=O) groups excluding carboxylic acids is 2. The fourth-order valence-corrected chi connectivity index (χ4v) is 4.86. The lowest BCUT2D eigenvalue weighted by Gasteiger charge is -2.38. The first kappa shape index (κ1) is 24.7. The first-order valence-electron chi connectivity index (χ1n) is 11.5. The minimum Gasteiger partial charge on any atom is -0.503 e.